The van der Waals surface area contributed by atoms with Crippen LogP contribution in [0.1, 0.15) is 380 Å². The predicted molar refractivity (Wildman–Crippen MR) is 365 cm³/mol. The first-order chi connectivity index (χ1) is 40.5. The maximum Gasteiger partial charge on any atom is 0.472 e. The Labute approximate surface area is 518 Å². The lowest BCUT2D eigenvalue weighted by atomic mass is 10.0. The Morgan fingerprint density at radius 2 is 0.663 bits per heavy atom. The average Bonchev–Trinajstić information content (AvgIpc) is 3.50. The Balaban J connectivity index is 4.05. The van der Waals surface area contributed by atoms with E-state index in [4.69, 9.17) is 9.05 Å². The van der Waals surface area contributed by atoms with Crippen LogP contribution < -0.4 is 5.32 Å². The quantitative estimate of drug-likeness (QED) is 0.0243. The fraction of sp³-hybridized carbons (Fsp3) is 0.905. The first-order valence-corrected chi connectivity index (χ1v) is 38.4. The van der Waals surface area contributed by atoms with Gasteiger partial charge < -0.3 is 19.8 Å². The molecule has 492 valence electrons. The molecule has 0 aliphatic carbocycles. The minimum Gasteiger partial charge on any atom is -0.387 e. The van der Waals surface area contributed by atoms with Crippen LogP contribution >= 0.6 is 7.82 Å². The monoisotopic (exact) mass is 1190 g/mol. The molecule has 9 heteroatoms. The van der Waals surface area contributed by atoms with E-state index in [1.807, 2.05) is 27.2 Å². The Hall–Kier alpha value is -1.28. The number of unbranched alkanes of at least 4 members (excludes halogenated alkanes) is 52. The molecule has 0 aliphatic rings. The van der Waals surface area contributed by atoms with Gasteiger partial charge in [0.2, 0.25) is 5.91 Å². The molecule has 0 heterocycles. The molecule has 0 aromatic rings. The van der Waals surface area contributed by atoms with E-state index in [-0.39, 0.29) is 19.1 Å². The number of aliphatic hydroxyl groups is 1. The van der Waals surface area contributed by atoms with E-state index in [0.29, 0.717) is 17.4 Å². The third kappa shape index (κ3) is 68.1. The summed E-state index contributed by atoms with van der Waals surface area (Å²) in [5.74, 6) is -0.179. The molecule has 8 nitrogen and oxygen atoms in total. The number of rotatable bonds is 69. The van der Waals surface area contributed by atoms with Crippen molar-refractivity contribution in [2.45, 2.75) is 392 Å². The second-order valence-corrected chi connectivity index (χ2v) is 28.1. The number of hydrogen-bond donors (Lipinski definition) is 3. The Bertz CT molecular complexity index is 1450. The zero-order chi connectivity index (χ0) is 60.5. The molecule has 1 amide bonds. The number of quaternary nitrogens is 1. The molecule has 0 aromatic carbocycles. The molecule has 0 saturated heterocycles. The standard InChI is InChI=1S/C74H145N2O6P/c1-6-8-10-12-14-16-18-20-22-24-26-28-30-32-34-36-37-38-40-41-43-45-47-49-51-53-55-57-59-61-63-65-67-73(77)72(71-82-83(79,80)81-70-69-76(3,4)5)75-74(78)68-66-64-62-60-58-56-54-52-50-48-46-44-42-39-35-33-31-29-27-25-23-21-19-17-15-13-11-9-7-2/h25,27,57,59,65,67,72-73,77H,6-24,26,28-56,58,60-64,66,68-71H2,1-5H3,(H-,75,78,79,80)/p+1/b27-25-,59-57+,67-65+. The molecule has 3 N–H and O–H groups in total. The smallest absolute Gasteiger partial charge is 0.387 e. The van der Waals surface area contributed by atoms with E-state index in [9.17, 15) is 19.4 Å². The molecule has 0 aliphatic heterocycles. The summed E-state index contributed by atoms with van der Waals surface area (Å²) in [6.45, 7) is 4.86. The second-order valence-electron chi connectivity index (χ2n) is 26.7. The number of phosphoric ester groups is 1. The lowest BCUT2D eigenvalue weighted by Gasteiger charge is -2.25. The number of carbonyl (C=O) groups is 1. The Morgan fingerprint density at radius 3 is 0.964 bits per heavy atom. The van der Waals surface area contributed by atoms with Crippen LogP contribution in [0.2, 0.25) is 0 Å². The van der Waals surface area contributed by atoms with Crippen LogP contribution in [0.3, 0.4) is 0 Å². The van der Waals surface area contributed by atoms with Gasteiger partial charge in [0.25, 0.3) is 0 Å². The normalized spacial score (nSPS) is 13.8. The third-order valence-corrected chi connectivity index (χ3v) is 18.1. The zero-order valence-corrected chi connectivity index (χ0v) is 57.4. The molecule has 83 heavy (non-hydrogen) atoms. The fourth-order valence-electron chi connectivity index (χ4n) is 11.4. The Morgan fingerprint density at radius 1 is 0.398 bits per heavy atom. The summed E-state index contributed by atoms with van der Waals surface area (Å²) in [7, 11) is 1.57. The van der Waals surface area contributed by atoms with Gasteiger partial charge in [-0.1, -0.05) is 352 Å². The number of hydrogen-bond acceptors (Lipinski definition) is 5. The number of allylic oxidation sites excluding steroid dienone is 5. The van der Waals surface area contributed by atoms with Crippen LogP contribution in [-0.2, 0) is 18.4 Å². The molecular formula is C74H146N2O6P+. The molecule has 0 radical (unpaired) electrons. The van der Waals surface area contributed by atoms with E-state index in [1.54, 1.807) is 6.08 Å². The topological polar surface area (TPSA) is 105 Å². The van der Waals surface area contributed by atoms with Gasteiger partial charge in [0.05, 0.1) is 39.9 Å². The third-order valence-electron chi connectivity index (χ3n) is 17.1. The highest BCUT2D eigenvalue weighted by Gasteiger charge is 2.28. The number of amides is 1. The SMILES string of the molecule is CCCCCCCCCC/C=C\CCCCCCCCCCCCCCCCCCCC(=O)NC(COP(=O)(O)OCC[N+](C)(C)C)C(O)/C=C/CC/C=C/CCCCCCCCCCCCCCCCCCCCCCCCCCCC. The summed E-state index contributed by atoms with van der Waals surface area (Å²) in [4.78, 5) is 23.4. The van der Waals surface area contributed by atoms with Crippen LogP contribution in [-0.4, -0.2) is 73.4 Å². The van der Waals surface area contributed by atoms with E-state index in [0.717, 1.165) is 38.5 Å². The number of likely N-dealkylation sites (N-methyl/N-ethyl adjacent to an activating group) is 1. The lowest BCUT2D eigenvalue weighted by molar-refractivity contribution is -0.870. The second kappa shape index (κ2) is 65.2. The summed E-state index contributed by atoms with van der Waals surface area (Å²) in [5.41, 5.74) is 0. The Kier molecular flexibility index (Phi) is 64.2. The van der Waals surface area contributed by atoms with Gasteiger partial charge in [-0.15, -0.1) is 0 Å². The lowest BCUT2D eigenvalue weighted by Crippen LogP contribution is -2.45. The van der Waals surface area contributed by atoms with Gasteiger partial charge in [-0.2, -0.15) is 0 Å². The molecule has 0 aromatic heterocycles. The summed E-state index contributed by atoms with van der Waals surface area (Å²) in [5, 5.41) is 14.0. The van der Waals surface area contributed by atoms with Crippen LogP contribution in [0, 0.1) is 0 Å². The number of nitrogens with zero attached hydrogens (tertiary/aromatic N) is 1. The van der Waals surface area contributed by atoms with Crippen molar-refractivity contribution in [1.29, 1.82) is 0 Å². The van der Waals surface area contributed by atoms with Gasteiger partial charge in [0, 0.05) is 6.42 Å². The largest absolute Gasteiger partial charge is 0.472 e. The maximum atomic E-state index is 13.1. The number of phosphoric acid groups is 1. The highest BCUT2D eigenvalue weighted by molar-refractivity contribution is 7.47. The van der Waals surface area contributed by atoms with Crippen LogP contribution in [0.4, 0.5) is 0 Å². The predicted octanol–water partition coefficient (Wildman–Crippen LogP) is 23.6. The van der Waals surface area contributed by atoms with Gasteiger partial charge in [-0.05, 0) is 57.8 Å². The highest BCUT2D eigenvalue weighted by atomic mass is 31.2. The van der Waals surface area contributed by atoms with E-state index in [2.05, 4.69) is 43.5 Å². The van der Waals surface area contributed by atoms with E-state index < -0.39 is 20.0 Å². The average molecular weight is 1190 g/mol. The summed E-state index contributed by atoms with van der Waals surface area (Å²) >= 11 is 0. The minimum atomic E-state index is -4.36. The van der Waals surface area contributed by atoms with Gasteiger partial charge in [0.1, 0.15) is 13.2 Å². The van der Waals surface area contributed by atoms with Crippen molar-refractivity contribution in [3.05, 3.63) is 36.5 Å². The summed E-state index contributed by atoms with van der Waals surface area (Å²) in [6, 6.07) is -0.864. The first-order valence-electron chi connectivity index (χ1n) is 36.9. The molecule has 0 bridgehead atoms. The van der Waals surface area contributed by atoms with Gasteiger partial charge in [-0.25, -0.2) is 4.57 Å². The molecular weight excluding hydrogens is 1040 g/mol. The molecule has 0 saturated carbocycles. The molecule has 3 atom stereocenters. The van der Waals surface area contributed by atoms with Crippen LogP contribution in [0.15, 0.2) is 36.5 Å². The van der Waals surface area contributed by atoms with E-state index >= 15 is 0 Å². The summed E-state index contributed by atoms with van der Waals surface area (Å²) in [6.07, 6.45) is 87.5. The summed E-state index contributed by atoms with van der Waals surface area (Å²) < 4.78 is 23.8. The van der Waals surface area contributed by atoms with Crippen molar-refractivity contribution in [2.24, 2.45) is 0 Å². The van der Waals surface area contributed by atoms with Crippen molar-refractivity contribution in [1.82, 2.24) is 5.32 Å². The highest BCUT2D eigenvalue weighted by Crippen LogP contribution is 2.43. The number of aliphatic hydroxyl groups excluding tert-OH is 1. The maximum absolute atomic E-state index is 13.1. The molecule has 0 rings (SSSR count). The van der Waals surface area contributed by atoms with Gasteiger partial charge in [0.15, 0.2) is 0 Å². The van der Waals surface area contributed by atoms with Crippen LogP contribution in [0.5, 0.6) is 0 Å². The van der Waals surface area contributed by atoms with Gasteiger partial charge in [-0.3, -0.25) is 13.8 Å². The van der Waals surface area contributed by atoms with Crippen molar-refractivity contribution in [3.63, 3.8) is 0 Å². The fourth-order valence-corrected chi connectivity index (χ4v) is 12.1. The van der Waals surface area contributed by atoms with E-state index in [1.165, 1.54) is 321 Å². The molecule has 3 unspecified atom stereocenters. The van der Waals surface area contributed by atoms with Crippen molar-refractivity contribution in [3.8, 4) is 0 Å². The van der Waals surface area contributed by atoms with Crippen molar-refractivity contribution in [2.75, 3.05) is 40.9 Å². The van der Waals surface area contributed by atoms with Crippen molar-refractivity contribution < 1.29 is 32.9 Å². The zero-order valence-electron chi connectivity index (χ0n) is 56.5. The number of carbonyl (C=O) groups excluding carboxylic acids is 1. The molecule has 0 spiro atoms. The number of nitrogens with one attached hydrogen (secondary N) is 1. The van der Waals surface area contributed by atoms with Gasteiger partial charge >= 0.3 is 7.82 Å². The van der Waals surface area contributed by atoms with Crippen LogP contribution in [0.25, 0.3) is 0 Å². The minimum absolute atomic E-state index is 0.0579. The molecule has 0 fully saturated rings. The van der Waals surface area contributed by atoms with Crippen molar-refractivity contribution >= 4 is 13.7 Å². The first kappa shape index (κ1) is 81.7.